The normalized spacial score (nSPS) is 10.5. The van der Waals surface area contributed by atoms with Crippen LogP contribution in [0.4, 0.5) is 0 Å². The number of nitrogens with one attached hydrogen (secondary N) is 1. The molecule has 0 atom stereocenters. The highest BCUT2D eigenvalue weighted by atomic mass is 127. The molecule has 0 aliphatic rings. The summed E-state index contributed by atoms with van der Waals surface area (Å²) >= 11 is 2.31. The van der Waals surface area contributed by atoms with E-state index < -0.39 is 0 Å². The number of hydrogen-bond acceptors (Lipinski definition) is 1. The minimum absolute atomic E-state index is 0.890. The molecule has 0 bridgehead atoms. The highest BCUT2D eigenvalue weighted by Gasteiger charge is 2.00. The van der Waals surface area contributed by atoms with Gasteiger partial charge >= 0.3 is 0 Å². The van der Waals surface area contributed by atoms with Gasteiger partial charge in [-0.05, 0) is 34.7 Å². The molecule has 0 unspecified atom stereocenters. The first kappa shape index (κ1) is 7.91. The van der Waals surface area contributed by atoms with Gasteiger partial charge in [0.2, 0.25) is 0 Å². The molecule has 0 radical (unpaired) electrons. The third kappa shape index (κ3) is 1.18. The van der Waals surface area contributed by atoms with E-state index in [4.69, 9.17) is 4.74 Å². The van der Waals surface area contributed by atoms with E-state index in [1.165, 1.54) is 8.96 Å². The van der Waals surface area contributed by atoms with Gasteiger partial charge in [0, 0.05) is 21.2 Å². The average molecular weight is 273 g/mol. The van der Waals surface area contributed by atoms with Crippen molar-refractivity contribution in [2.45, 2.75) is 0 Å². The second-order valence-electron chi connectivity index (χ2n) is 2.55. The fourth-order valence-electron chi connectivity index (χ4n) is 1.20. The molecule has 1 heterocycles. The van der Waals surface area contributed by atoms with Crippen molar-refractivity contribution >= 4 is 33.5 Å². The minimum Gasteiger partial charge on any atom is -0.497 e. The van der Waals surface area contributed by atoms with Crippen LogP contribution in [0.15, 0.2) is 24.4 Å². The molecular formula is C9H8INO. The quantitative estimate of drug-likeness (QED) is 0.794. The molecule has 3 heteroatoms. The van der Waals surface area contributed by atoms with Crippen molar-refractivity contribution in [2.75, 3.05) is 7.11 Å². The SMILES string of the molecule is COc1ccc2c(I)c[nH]c2c1. The smallest absolute Gasteiger partial charge is 0.120 e. The fourth-order valence-corrected chi connectivity index (χ4v) is 1.82. The number of aromatic nitrogens is 1. The molecule has 0 aliphatic carbocycles. The number of hydrogen-bond donors (Lipinski definition) is 1. The standard InChI is InChI=1S/C9H8INO/c1-12-6-2-3-7-8(10)5-11-9(7)4-6/h2-5,11H,1H3. The van der Waals surface area contributed by atoms with Gasteiger partial charge in [0.25, 0.3) is 0 Å². The van der Waals surface area contributed by atoms with Gasteiger partial charge in [0.1, 0.15) is 5.75 Å². The Labute approximate surface area is 84.1 Å². The van der Waals surface area contributed by atoms with E-state index in [-0.39, 0.29) is 0 Å². The maximum atomic E-state index is 5.11. The first-order chi connectivity index (χ1) is 5.81. The largest absolute Gasteiger partial charge is 0.497 e. The molecule has 0 saturated carbocycles. The topological polar surface area (TPSA) is 25.0 Å². The molecule has 62 valence electrons. The molecule has 0 fully saturated rings. The lowest BCUT2D eigenvalue weighted by molar-refractivity contribution is 0.415. The van der Waals surface area contributed by atoms with Crippen LogP contribution in [0.5, 0.6) is 5.75 Å². The van der Waals surface area contributed by atoms with Gasteiger partial charge in [0.05, 0.1) is 12.6 Å². The van der Waals surface area contributed by atoms with E-state index in [1.54, 1.807) is 7.11 Å². The Morgan fingerprint density at radius 2 is 2.25 bits per heavy atom. The van der Waals surface area contributed by atoms with Crippen LogP contribution in [0.2, 0.25) is 0 Å². The van der Waals surface area contributed by atoms with Gasteiger partial charge in [0.15, 0.2) is 0 Å². The van der Waals surface area contributed by atoms with Crippen LogP contribution in [0, 0.1) is 3.57 Å². The van der Waals surface area contributed by atoms with Crippen LogP contribution < -0.4 is 4.74 Å². The lowest BCUT2D eigenvalue weighted by Crippen LogP contribution is -1.81. The summed E-state index contributed by atoms with van der Waals surface area (Å²) in [5.41, 5.74) is 1.12. The molecule has 0 aliphatic heterocycles. The fraction of sp³-hybridized carbons (Fsp3) is 0.111. The molecule has 1 aromatic heterocycles. The van der Waals surface area contributed by atoms with Gasteiger partial charge in [-0.2, -0.15) is 0 Å². The Kier molecular flexibility index (Phi) is 1.96. The Morgan fingerprint density at radius 3 is 3.00 bits per heavy atom. The maximum Gasteiger partial charge on any atom is 0.120 e. The zero-order valence-corrected chi connectivity index (χ0v) is 8.75. The first-order valence-corrected chi connectivity index (χ1v) is 4.70. The zero-order chi connectivity index (χ0) is 8.55. The minimum atomic E-state index is 0.890. The van der Waals surface area contributed by atoms with Gasteiger partial charge in [-0.3, -0.25) is 0 Å². The first-order valence-electron chi connectivity index (χ1n) is 3.62. The van der Waals surface area contributed by atoms with E-state index in [0.29, 0.717) is 0 Å². The number of aromatic amines is 1. The van der Waals surface area contributed by atoms with Crippen molar-refractivity contribution in [3.05, 3.63) is 28.0 Å². The predicted octanol–water partition coefficient (Wildman–Crippen LogP) is 2.78. The number of methoxy groups -OCH3 is 1. The van der Waals surface area contributed by atoms with Crippen molar-refractivity contribution in [1.82, 2.24) is 4.98 Å². The second-order valence-corrected chi connectivity index (χ2v) is 3.71. The molecule has 2 aromatic rings. The monoisotopic (exact) mass is 273 g/mol. The Bertz CT molecular complexity index is 408. The van der Waals surface area contributed by atoms with Crippen LogP contribution >= 0.6 is 22.6 Å². The zero-order valence-electron chi connectivity index (χ0n) is 6.60. The van der Waals surface area contributed by atoms with Crippen molar-refractivity contribution in [2.24, 2.45) is 0 Å². The van der Waals surface area contributed by atoms with Crippen LogP contribution in [-0.4, -0.2) is 12.1 Å². The number of rotatable bonds is 1. The lowest BCUT2D eigenvalue weighted by atomic mass is 10.2. The highest BCUT2D eigenvalue weighted by Crippen LogP contribution is 2.23. The van der Waals surface area contributed by atoms with Crippen LogP contribution in [0.1, 0.15) is 0 Å². The van der Waals surface area contributed by atoms with Crippen LogP contribution in [-0.2, 0) is 0 Å². The van der Waals surface area contributed by atoms with Crippen molar-refractivity contribution in [3.63, 3.8) is 0 Å². The summed E-state index contributed by atoms with van der Waals surface area (Å²) in [7, 11) is 1.68. The second kappa shape index (κ2) is 2.97. The molecule has 12 heavy (non-hydrogen) atoms. The molecule has 0 saturated heterocycles. The van der Waals surface area contributed by atoms with Crippen LogP contribution in [0.3, 0.4) is 0 Å². The third-order valence-corrected chi connectivity index (χ3v) is 2.73. The van der Waals surface area contributed by atoms with E-state index >= 15 is 0 Å². The Hall–Kier alpha value is -0.710. The summed E-state index contributed by atoms with van der Waals surface area (Å²) in [6.07, 6.45) is 1.99. The van der Waals surface area contributed by atoms with Gasteiger partial charge in [-0.1, -0.05) is 0 Å². The summed E-state index contributed by atoms with van der Waals surface area (Å²) in [6, 6.07) is 6.03. The molecular weight excluding hydrogens is 265 g/mol. The van der Waals surface area contributed by atoms with Gasteiger partial charge in [-0.15, -0.1) is 0 Å². The van der Waals surface area contributed by atoms with E-state index in [9.17, 15) is 0 Å². The Morgan fingerprint density at radius 1 is 1.42 bits per heavy atom. The number of benzene rings is 1. The summed E-state index contributed by atoms with van der Waals surface area (Å²) < 4.78 is 6.35. The summed E-state index contributed by atoms with van der Waals surface area (Å²) in [5.74, 6) is 0.890. The molecule has 2 nitrogen and oxygen atoms in total. The lowest BCUT2D eigenvalue weighted by Gasteiger charge is -1.98. The van der Waals surface area contributed by atoms with Crippen molar-refractivity contribution in [3.8, 4) is 5.75 Å². The van der Waals surface area contributed by atoms with Crippen molar-refractivity contribution in [1.29, 1.82) is 0 Å². The number of H-pyrrole nitrogens is 1. The number of ether oxygens (including phenoxy) is 1. The highest BCUT2D eigenvalue weighted by molar-refractivity contribution is 14.1. The van der Waals surface area contributed by atoms with E-state index in [1.807, 2.05) is 18.3 Å². The summed E-state index contributed by atoms with van der Waals surface area (Å²) in [6.45, 7) is 0. The molecule has 0 spiro atoms. The predicted molar refractivity (Wildman–Crippen MR) is 57.6 cm³/mol. The van der Waals surface area contributed by atoms with Crippen LogP contribution in [0.25, 0.3) is 10.9 Å². The molecule has 0 amide bonds. The number of fused-ring (bicyclic) bond motifs is 1. The van der Waals surface area contributed by atoms with E-state index in [0.717, 1.165) is 11.3 Å². The molecule has 2 rings (SSSR count). The summed E-state index contributed by atoms with van der Waals surface area (Å²) in [4.78, 5) is 3.18. The number of halogens is 1. The third-order valence-electron chi connectivity index (χ3n) is 1.84. The average Bonchev–Trinajstić information content (AvgIpc) is 2.47. The maximum absolute atomic E-state index is 5.11. The molecule has 1 aromatic carbocycles. The Balaban J connectivity index is 2.69. The van der Waals surface area contributed by atoms with Gasteiger partial charge in [-0.25, -0.2) is 0 Å². The summed E-state index contributed by atoms with van der Waals surface area (Å²) in [5, 5.41) is 1.25. The van der Waals surface area contributed by atoms with Gasteiger partial charge < -0.3 is 9.72 Å². The van der Waals surface area contributed by atoms with E-state index in [2.05, 4.69) is 33.6 Å². The molecule has 1 N–H and O–H groups in total. The van der Waals surface area contributed by atoms with Crippen molar-refractivity contribution < 1.29 is 4.74 Å².